The Bertz CT molecular complexity index is 426. The molecule has 0 spiro atoms. The zero-order chi connectivity index (χ0) is 10.7. The maximum Gasteiger partial charge on any atom is 0.307 e. The number of halogens is 2. The van der Waals surface area contributed by atoms with E-state index in [1.165, 1.54) is 6.07 Å². The van der Waals surface area contributed by atoms with Crippen molar-refractivity contribution in [2.75, 3.05) is 0 Å². The van der Waals surface area contributed by atoms with Gasteiger partial charge in [-0.05, 0) is 33.6 Å². The van der Waals surface area contributed by atoms with E-state index in [2.05, 4.69) is 15.9 Å². The molecule has 1 rings (SSSR count). The predicted molar refractivity (Wildman–Crippen MR) is 55.2 cm³/mol. The molecule has 72 valence electrons. The van der Waals surface area contributed by atoms with Gasteiger partial charge in [-0.1, -0.05) is 11.6 Å². The first kappa shape index (κ1) is 11.0. The third-order valence-corrected chi connectivity index (χ3v) is 2.81. The van der Waals surface area contributed by atoms with Crippen LogP contribution in [0.2, 0.25) is 5.02 Å². The van der Waals surface area contributed by atoms with E-state index in [9.17, 15) is 4.79 Å². The first-order chi connectivity index (χ1) is 6.54. The Balaban J connectivity index is 3.22. The number of carboxylic acid groups (broad SMARTS) is 1. The van der Waals surface area contributed by atoms with Crippen LogP contribution in [0.4, 0.5) is 0 Å². The number of nitrogens with zero attached hydrogens (tertiary/aromatic N) is 1. The van der Waals surface area contributed by atoms with E-state index >= 15 is 0 Å². The SMILES string of the molecule is N#Cc1cc(Cl)c(Br)cc1CC(=O)O. The number of benzene rings is 1. The number of hydrogen-bond donors (Lipinski definition) is 1. The van der Waals surface area contributed by atoms with Crippen LogP contribution >= 0.6 is 27.5 Å². The van der Waals surface area contributed by atoms with Crippen LogP contribution in [0, 0.1) is 11.3 Å². The lowest BCUT2D eigenvalue weighted by Crippen LogP contribution is -2.02. The van der Waals surface area contributed by atoms with Crippen molar-refractivity contribution in [3.63, 3.8) is 0 Å². The Hall–Kier alpha value is -1.05. The molecule has 0 aromatic heterocycles. The fourth-order valence-electron chi connectivity index (χ4n) is 1.00. The normalized spacial score (nSPS) is 9.50. The first-order valence-electron chi connectivity index (χ1n) is 3.64. The average Bonchev–Trinajstić information content (AvgIpc) is 2.10. The summed E-state index contributed by atoms with van der Waals surface area (Å²) in [5.74, 6) is -0.976. The van der Waals surface area contributed by atoms with Crippen LogP contribution in [0.1, 0.15) is 11.1 Å². The van der Waals surface area contributed by atoms with Crippen LogP contribution in [-0.2, 0) is 11.2 Å². The van der Waals surface area contributed by atoms with Gasteiger partial charge < -0.3 is 5.11 Å². The molecule has 0 heterocycles. The van der Waals surface area contributed by atoms with Crippen molar-refractivity contribution in [3.05, 3.63) is 32.8 Å². The standard InChI is InChI=1S/C9H5BrClNO2/c10-7-1-5(3-9(13)14)6(4-12)2-8(7)11/h1-2H,3H2,(H,13,14). The fraction of sp³-hybridized carbons (Fsp3) is 0.111. The molecule has 3 nitrogen and oxygen atoms in total. The Morgan fingerprint density at radius 1 is 1.64 bits per heavy atom. The Morgan fingerprint density at radius 3 is 2.79 bits per heavy atom. The maximum atomic E-state index is 10.5. The summed E-state index contributed by atoms with van der Waals surface area (Å²) in [7, 11) is 0. The Labute approximate surface area is 94.0 Å². The zero-order valence-corrected chi connectivity index (χ0v) is 9.26. The van der Waals surface area contributed by atoms with Gasteiger partial charge in [0.05, 0.1) is 23.1 Å². The molecular formula is C9H5BrClNO2. The topological polar surface area (TPSA) is 61.1 Å². The molecule has 0 aliphatic rings. The van der Waals surface area contributed by atoms with Gasteiger partial charge in [-0.15, -0.1) is 0 Å². The second-order valence-electron chi connectivity index (χ2n) is 2.61. The van der Waals surface area contributed by atoms with Crippen LogP contribution in [0.15, 0.2) is 16.6 Å². The van der Waals surface area contributed by atoms with Gasteiger partial charge in [0.15, 0.2) is 0 Å². The van der Waals surface area contributed by atoms with E-state index in [-0.39, 0.29) is 6.42 Å². The predicted octanol–water partition coefficient (Wildman–Crippen LogP) is 2.60. The van der Waals surface area contributed by atoms with Gasteiger partial charge >= 0.3 is 5.97 Å². The third-order valence-electron chi connectivity index (χ3n) is 1.61. The molecule has 14 heavy (non-hydrogen) atoms. The van der Waals surface area contributed by atoms with Crippen LogP contribution in [-0.4, -0.2) is 11.1 Å². The van der Waals surface area contributed by atoms with Crippen molar-refractivity contribution in [3.8, 4) is 6.07 Å². The van der Waals surface area contributed by atoms with Gasteiger partial charge in [-0.3, -0.25) is 4.79 Å². The number of rotatable bonds is 2. The second kappa shape index (κ2) is 4.45. The van der Waals surface area contributed by atoms with E-state index in [0.717, 1.165) is 0 Å². The molecule has 1 aromatic carbocycles. The molecule has 0 aliphatic heterocycles. The highest BCUT2D eigenvalue weighted by Gasteiger charge is 2.09. The van der Waals surface area contributed by atoms with Crippen molar-refractivity contribution in [1.29, 1.82) is 5.26 Å². The molecule has 1 N–H and O–H groups in total. The Morgan fingerprint density at radius 2 is 2.29 bits per heavy atom. The maximum absolute atomic E-state index is 10.5. The van der Waals surface area contributed by atoms with E-state index in [4.69, 9.17) is 22.0 Å². The lowest BCUT2D eigenvalue weighted by Gasteiger charge is -2.03. The highest BCUT2D eigenvalue weighted by molar-refractivity contribution is 9.10. The number of hydrogen-bond acceptors (Lipinski definition) is 2. The molecule has 1 aromatic rings. The summed E-state index contributed by atoms with van der Waals surface area (Å²) in [4.78, 5) is 10.5. The van der Waals surface area contributed by atoms with Crippen molar-refractivity contribution >= 4 is 33.5 Å². The number of carbonyl (C=O) groups is 1. The van der Waals surface area contributed by atoms with E-state index in [1.807, 2.05) is 6.07 Å². The summed E-state index contributed by atoms with van der Waals surface area (Å²) in [6, 6.07) is 4.90. The van der Waals surface area contributed by atoms with Crippen LogP contribution in [0.3, 0.4) is 0 Å². The minimum absolute atomic E-state index is 0.182. The summed E-state index contributed by atoms with van der Waals surface area (Å²) >= 11 is 8.92. The van der Waals surface area contributed by atoms with Gasteiger partial charge in [-0.25, -0.2) is 0 Å². The molecular weight excluding hydrogens is 269 g/mol. The van der Waals surface area contributed by atoms with Crippen molar-refractivity contribution < 1.29 is 9.90 Å². The average molecular weight is 275 g/mol. The monoisotopic (exact) mass is 273 g/mol. The minimum Gasteiger partial charge on any atom is -0.481 e. The van der Waals surface area contributed by atoms with E-state index < -0.39 is 5.97 Å². The number of carboxylic acids is 1. The molecule has 5 heteroatoms. The van der Waals surface area contributed by atoms with Crippen LogP contribution < -0.4 is 0 Å². The van der Waals surface area contributed by atoms with Gasteiger partial charge in [0, 0.05) is 4.47 Å². The molecule has 0 amide bonds. The second-order valence-corrected chi connectivity index (χ2v) is 3.87. The van der Waals surface area contributed by atoms with Gasteiger partial charge in [-0.2, -0.15) is 5.26 Å². The van der Waals surface area contributed by atoms with Crippen LogP contribution in [0.5, 0.6) is 0 Å². The zero-order valence-electron chi connectivity index (χ0n) is 6.92. The van der Waals surface area contributed by atoms with Crippen molar-refractivity contribution in [2.45, 2.75) is 6.42 Å². The summed E-state index contributed by atoms with van der Waals surface area (Å²) in [5, 5.41) is 17.7. The summed E-state index contributed by atoms with van der Waals surface area (Å²) in [6.45, 7) is 0. The van der Waals surface area contributed by atoms with Crippen molar-refractivity contribution in [1.82, 2.24) is 0 Å². The summed E-state index contributed by atoms with van der Waals surface area (Å²) in [6.07, 6.45) is -0.182. The fourth-order valence-corrected chi connectivity index (χ4v) is 1.56. The lowest BCUT2D eigenvalue weighted by atomic mass is 10.1. The molecule has 0 unspecified atom stereocenters. The molecule has 0 fully saturated rings. The lowest BCUT2D eigenvalue weighted by molar-refractivity contribution is -0.136. The van der Waals surface area contributed by atoms with Gasteiger partial charge in [0.2, 0.25) is 0 Å². The highest BCUT2D eigenvalue weighted by atomic mass is 79.9. The van der Waals surface area contributed by atoms with Crippen molar-refractivity contribution in [2.24, 2.45) is 0 Å². The molecule has 0 saturated carbocycles. The van der Waals surface area contributed by atoms with E-state index in [1.54, 1.807) is 6.07 Å². The quantitative estimate of drug-likeness (QED) is 0.901. The van der Waals surface area contributed by atoms with Gasteiger partial charge in [0.25, 0.3) is 0 Å². The molecule has 0 saturated heterocycles. The minimum atomic E-state index is -0.976. The molecule has 0 radical (unpaired) electrons. The van der Waals surface area contributed by atoms with Crippen LogP contribution in [0.25, 0.3) is 0 Å². The summed E-state index contributed by atoms with van der Waals surface area (Å²) in [5.41, 5.74) is 0.747. The van der Waals surface area contributed by atoms with Gasteiger partial charge in [0.1, 0.15) is 0 Å². The molecule has 0 aliphatic carbocycles. The first-order valence-corrected chi connectivity index (χ1v) is 4.81. The summed E-state index contributed by atoms with van der Waals surface area (Å²) < 4.78 is 0.592. The smallest absolute Gasteiger partial charge is 0.307 e. The Kier molecular flexibility index (Phi) is 3.50. The highest BCUT2D eigenvalue weighted by Crippen LogP contribution is 2.26. The van der Waals surface area contributed by atoms with E-state index in [0.29, 0.717) is 20.6 Å². The largest absolute Gasteiger partial charge is 0.481 e. The molecule has 0 atom stereocenters. The third kappa shape index (κ3) is 2.47. The number of nitriles is 1. The molecule has 0 bridgehead atoms. The number of aliphatic carboxylic acids is 1.